The van der Waals surface area contributed by atoms with Gasteiger partial charge in [-0.3, -0.25) is 0 Å². The highest BCUT2D eigenvalue weighted by molar-refractivity contribution is 5.41. The molecule has 1 heterocycles. The molecule has 0 radical (unpaired) electrons. The third kappa shape index (κ3) is 3.75. The number of halogens is 3. The van der Waals surface area contributed by atoms with E-state index in [9.17, 15) is 13.2 Å². The average Bonchev–Trinajstić information content (AvgIpc) is 2.20. The van der Waals surface area contributed by atoms with E-state index in [1.165, 1.54) is 20.2 Å². The van der Waals surface area contributed by atoms with Crippen molar-refractivity contribution in [1.82, 2.24) is 4.98 Å². The van der Waals surface area contributed by atoms with Gasteiger partial charge < -0.3 is 10.4 Å². The van der Waals surface area contributed by atoms with Crippen LogP contribution < -0.4 is 5.32 Å². The third-order valence-corrected chi connectivity index (χ3v) is 1.66. The molecular formula is C9H13F3N2O. The minimum absolute atomic E-state index is 0.131. The Bertz CT molecular complexity index is 313. The Hall–Kier alpha value is -1.30. The van der Waals surface area contributed by atoms with Crippen LogP contribution in [0.4, 0.5) is 19.0 Å². The molecule has 0 fully saturated rings. The number of rotatable bonds is 1. The first-order valence-corrected chi connectivity index (χ1v) is 4.11. The summed E-state index contributed by atoms with van der Waals surface area (Å²) in [6, 6.07) is 0.995. The molecule has 0 saturated heterocycles. The van der Waals surface area contributed by atoms with Crippen molar-refractivity contribution in [3.8, 4) is 0 Å². The molecule has 0 aromatic carbocycles. The first-order valence-electron chi connectivity index (χ1n) is 4.11. The molecular weight excluding hydrogens is 209 g/mol. The minimum Gasteiger partial charge on any atom is -0.400 e. The van der Waals surface area contributed by atoms with Crippen LogP contribution in [0.5, 0.6) is 0 Å². The second kappa shape index (κ2) is 5.55. The first kappa shape index (κ1) is 13.7. The molecule has 6 heteroatoms. The number of hydrogen-bond donors (Lipinski definition) is 2. The normalized spacial score (nSPS) is 10.3. The Labute approximate surface area is 86.0 Å². The predicted octanol–water partition coefficient (Wildman–Crippen LogP) is 2.06. The molecule has 3 nitrogen and oxygen atoms in total. The Morgan fingerprint density at radius 2 is 1.87 bits per heavy atom. The van der Waals surface area contributed by atoms with Crippen LogP contribution >= 0.6 is 0 Å². The van der Waals surface area contributed by atoms with E-state index in [1.807, 2.05) is 0 Å². The van der Waals surface area contributed by atoms with Crippen LogP contribution in [-0.4, -0.2) is 24.2 Å². The molecule has 1 aromatic rings. The number of nitrogens with zero attached hydrogens (tertiary/aromatic N) is 1. The Balaban J connectivity index is 0.000000921. The monoisotopic (exact) mass is 222 g/mol. The number of aromatic nitrogens is 1. The summed E-state index contributed by atoms with van der Waals surface area (Å²) in [6.07, 6.45) is -3.10. The summed E-state index contributed by atoms with van der Waals surface area (Å²) in [7, 11) is 2.53. The number of aryl methyl sites for hydroxylation is 1. The van der Waals surface area contributed by atoms with E-state index < -0.39 is 11.7 Å². The third-order valence-electron chi connectivity index (χ3n) is 1.66. The Morgan fingerprint density at radius 1 is 1.33 bits per heavy atom. The fraction of sp³-hybridized carbons (Fsp3) is 0.444. The molecule has 0 aliphatic rings. The highest BCUT2D eigenvalue weighted by atomic mass is 19.4. The fourth-order valence-corrected chi connectivity index (χ4v) is 0.966. The van der Waals surface area contributed by atoms with E-state index in [1.54, 1.807) is 0 Å². The molecule has 2 N–H and O–H groups in total. The number of alkyl halides is 3. The first-order chi connectivity index (χ1) is 6.95. The van der Waals surface area contributed by atoms with E-state index in [2.05, 4.69) is 10.3 Å². The van der Waals surface area contributed by atoms with Crippen LogP contribution in [0.2, 0.25) is 0 Å². The minimum atomic E-state index is -4.31. The van der Waals surface area contributed by atoms with Crippen LogP contribution in [0.1, 0.15) is 11.1 Å². The van der Waals surface area contributed by atoms with Crippen LogP contribution in [0.15, 0.2) is 12.3 Å². The number of anilines is 1. The summed E-state index contributed by atoms with van der Waals surface area (Å²) >= 11 is 0. The Kier molecular flexibility index (Phi) is 5.07. The summed E-state index contributed by atoms with van der Waals surface area (Å²) in [5.41, 5.74) is -0.515. The van der Waals surface area contributed by atoms with Crippen molar-refractivity contribution < 1.29 is 18.3 Å². The molecule has 1 aromatic heterocycles. The quantitative estimate of drug-likeness (QED) is 0.764. The lowest BCUT2D eigenvalue weighted by atomic mass is 10.1. The van der Waals surface area contributed by atoms with Crippen molar-refractivity contribution in [2.24, 2.45) is 0 Å². The molecule has 0 unspecified atom stereocenters. The van der Waals surface area contributed by atoms with Gasteiger partial charge in [-0.15, -0.1) is 0 Å². The van der Waals surface area contributed by atoms with Crippen molar-refractivity contribution in [2.45, 2.75) is 13.1 Å². The zero-order valence-electron chi connectivity index (χ0n) is 8.68. The van der Waals surface area contributed by atoms with Gasteiger partial charge in [0.1, 0.15) is 5.82 Å². The van der Waals surface area contributed by atoms with Gasteiger partial charge in [-0.2, -0.15) is 13.2 Å². The van der Waals surface area contributed by atoms with E-state index in [0.29, 0.717) is 0 Å². The average molecular weight is 222 g/mol. The smallest absolute Gasteiger partial charge is 0.400 e. The lowest BCUT2D eigenvalue weighted by molar-refractivity contribution is -0.138. The van der Waals surface area contributed by atoms with Crippen LogP contribution in [0.25, 0.3) is 0 Å². The maximum Gasteiger partial charge on any atom is 0.416 e. The summed E-state index contributed by atoms with van der Waals surface area (Å²) in [5, 5.41) is 9.56. The zero-order chi connectivity index (χ0) is 12.1. The number of nitrogens with one attached hydrogen (secondary N) is 1. The second-order valence-corrected chi connectivity index (χ2v) is 2.63. The molecule has 0 saturated carbocycles. The summed E-state index contributed by atoms with van der Waals surface area (Å²) in [4.78, 5) is 3.76. The van der Waals surface area contributed by atoms with E-state index >= 15 is 0 Å². The summed E-state index contributed by atoms with van der Waals surface area (Å²) in [5.74, 6) is 0.220. The van der Waals surface area contributed by atoms with E-state index in [0.717, 1.165) is 13.2 Å². The number of aliphatic hydroxyl groups is 1. The summed E-state index contributed by atoms with van der Waals surface area (Å²) in [6.45, 7) is 1.38. The lowest BCUT2D eigenvalue weighted by Crippen LogP contribution is -2.09. The van der Waals surface area contributed by atoms with Gasteiger partial charge in [-0.1, -0.05) is 0 Å². The van der Waals surface area contributed by atoms with Crippen LogP contribution in [-0.2, 0) is 6.18 Å². The highest BCUT2D eigenvalue weighted by Crippen LogP contribution is 2.32. The maximum absolute atomic E-state index is 12.3. The van der Waals surface area contributed by atoms with Crippen molar-refractivity contribution in [3.05, 3.63) is 23.4 Å². The molecule has 0 aliphatic heterocycles. The lowest BCUT2D eigenvalue weighted by Gasteiger charge is -2.10. The van der Waals surface area contributed by atoms with E-state index in [4.69, 9.17) is 5.11 Å². The topological polar surface area (TPSA) is 45.2 Å². The standard InChI is InChI=1S/C8H9F3N2.CH4O/c1-5-4-13-7(12-2)3-6(5)8(9,10)11;1-2/h3-4H,1-2H3,(H,12,13);2H,1H3. The second-order valence-electron chi connectivity index (χ2n) is 2.63. The zero-order valence-corrected chi connectivity index (χ0v) is 8.68. The van der Waals surface area contributed by atoms with Gasteiger partial charge in [0.15, 0.2) is 0 Å². The van der Waals surface area contributed by atoms with Crippen molar-refractivity contribution in [1.29, 1.82) is 0 Å². The SMILES string of the molecule is CNc1cc(C(F)(F)F)c(C)cn1.CO. The Morgan fingerprint density at radius 3 is 2.27 bits per heavy atom. The fourth-order valence-electron chi connectivity index (χ4n) is 0.966. The van der Waals surface area contributed by atoms with Gasteiger partial charge >= 0.3 is 6.18 Å². The van der Waals surface area contributed by atoms with Gasteiger partial charge in [0.05, 0.1) is 5.56 Å². The van der Waals surface area contributed by atoms with Crippen LogP contribution in [0, 0.1) is 6.92 Å². The van der Waals surface area contributed by atoms with Gasteiger partial charge in [0.2, 0.25) is 0 Å². The van der Waals surface area contributed by atoms with E-state index in [-0.39, 0.29) is 11.4 Å². The molecule has 0 bridgehead atoms. The largest absolute Gasteiger partial charge is 0.416 e. The van der Waals surface area contributed by atoms with Crippen molar-refractivity contribution in [3.63, 3.8) is 0 Å². The molecule has 15 heavy (non-hydrogen) atoms. The van der Waals surface area contributed by atoms with Gasteiger partial charge in [-0.25, -0.2) is 4.98 Å². The van der Waals surface area contributed by atoms with Crippen molar-refractivity contribution >= 4 is 5.82 Å². The van der Waals surface area contributed by atoms with Gasteiger partial charge in [-0.05, 0) is 18.6 Å². The highest BCUT2D eigenvalue weighted by Gasteiger charge is 2.32. The molecule has 1 rings (SSSR count). The number of pyridine rings is 1. The number of aliphatic hydroxyl groups excluding tert-OH is 1. The predicted molar refractivity (Wildman–Crippen MR) is 51.7 cm³/mol. The maximum atomic E-state index is 12.3. The molecule has 86 valence electrons. The van der Waals surface area contributed by atoms with Gasteiger partial charge in [0.25, 0.3) is 0 Å². The summed E-state index contributed by atoms with van der Waals surface area (Å²) < 4.78 is 36.9. The van der Waals surface area contributed by atoms with Crippen LogP contribution in [0.3, 0.4) is 0 Å². The molecule has 0 amide bonds. The number of hydrogen-bond acceptors (Lipinski definition) is 3. The van der Waals surface area contributed by atoms with Gasteiger partial charge in [0, 0.05) is 20.4 Å². The molecule has 0 atom stereocenters. The van der Waals surface area contributed by atoms with Crippen molar-refractivity contribution in [2.75, 3.05) is 19.5 Å². The molecule has 0 spiro atoms. The molecule has 0 aliphatic carbocycles.